The minimum absolute atomic E-state index is 0.109. The molecule has 0 saturated heterocycles. The lowest BCUT2D eigenvalue weighted by molar-refractivity contribution is -0.135. The molecule has 0 atom stereocenters. The number of nitriles is 1. The van der Waals surface area contributed by atoms with Gasteiger partial charge in [0.1, 0.15) is 18.2 Å². The molecule has 0 aromatic heterocycles. The lowest BCUT2D eigenvalue weighted by atomic mass is 10.0. The zero-order valence-corrected chi connectivity index (χ0v) is 9.24. The smallest absolute Gasteiger partial charge is 0.349 e. The number of benzene rings is 1. The summed E-state index contributed by atoms with van der Waals surface area (Å²) in [6.45, 7) is 0.184. The summed E-state index contributed by atoms with van der Waals surface area (Å²) in [6, 6.07) is 9.28. The second kappa shape index (κ2) is 3.87. The van der Waals surface area contributed by atoms with Crippen LogP contribution in [0.2, 0.25) is 0 Å². The van der Waals surface area contributed by atoms with Crippen molar-refractivity contribution in [2.24, 2.45) is 0 Å². The average molecular weight is 264 g/mol. The lowest BCUT2D eigenvalue weighted by Crippen LogP contribution is -1.96. The normalized spacial score (nSPS) is 15.1. The van der Waals surface area contributed by atoms with Crippen molar-refractivity contribution in [2.45, 2.75) is 0 Å². The Labute approximate surface area is 95.1 Å². The molecule has 0 fully saturated rings. The molecule has 1 aliphatic rings. The molecule has 15 heavy (non-hydrogen) atoms. The third-order valence-electron chi connectivity index (χ3n) is 2.16. The second-order valence-corrected chi connectivity index (χ2v) is 3.96. The largest absolute Gasteiger partial charge is 0.457 e. The highest BCUT2D eigenvalue weighted by atomic mass is 79.9. The van der Waals surface area contributed by atoms with Gasteiger partial charge in [-0.2, -0.15) is 5.26 Å². The van der Waals surface area contributed by atoms with E-state index in [2.05, 4.69) is 15.9 Å². The highest BCUT2D eigenvalue weighted by Gasteiger charge is 2.25. The van der Waals surface area contributed by atoms with Gasteiger partial charge in [0, 0.05) is 10.0 Å². The standard InChI is InChI=1S/C11H6BrNO2/c12-8-3-1-7(2-4-8)10-6-15-11(14)9(10)5-13/h1-4H,6H2. The Balaban J connectivity index is 2.48. The predicted molar refractivity (Wildman–Crippen MR) is 57.6 cm³/mol. The number of cyclic esters (lactones) is 1. The van der Waals surface area contributed by atoms with Crippen molar-refractivity contribution < 1.29 is 9.53 Å². The van der Waals surface area contributed by atoms with E-state index in [-0.39, 0.29) is 12.2 Å². The van der Waals surface area contributed by atoms with E-state index in [4.69, 9.17) is 10.00 Å². The van der Waals surface area contributed by atoms with Gasteiger partial charge in [-0.15, -0.1) is 0 Å². The summed E-state index contributed by atoms with van der Waals surface area (Å²) in [6.07, 6.45) is 0. The molecule has 0 radical (unpaired) electrons. The van der Waals surface area contributed by atoms with E-state index in [1.807, 2.05) is 30.3 Å². The van der Waals surface area contributed by atoms with E-state index in [9.17, 15) is 4.79 Å². The molecule has 0 N–H and O–H groups in total. The molecule has 74 valence electrons. The number of rotatable bonds is 1. The Hall–Kier alpha value is -1.60. The van der Waals surface area contributed by atoms with Crippen LogP contribution in [0, 0.1) is 11.3 Å². The molecule has 2 rings (SSSR count). The van der Waals surface area contributed by atoms with E-state index in [1.165, 1.54) is 0 Å². The van der Waals surface area contributed by atoms with Gasteiger partial charge in [0.2, 0.25) is 0 Å². The number of esters is 1. The highest BCUT2D eigenvalue weighted by molar-refractivity contribution is 9.10. The predicted octanol–water partition coefficient (Wildman–Crippen LogP) is 2.28. The van der Waals surface area contributed by atoms with Crippen molar-refractivity contribution in [2.75, 3.05) is 6.61 Å². The van der Waals surface area contributed by atoms with Crippen molar-refractivity contribution in [1.29, 1.82) is 5.26 Å². The number of hydrogen-bond acceptors (Lipinski definition) is 3. The van der Waals surface area contributed by atoms with Gasteiger partial charge in [-0.3, -0.25) is 0 Å². The number of carbonyl (C=O) groups excluding carboxylic acids is 1. The topological polar surface area (TPSA) is 50.1 Å². The fraction of sp³-hybridized carbons (Fsp3) is 0.0909. The van der Waals surface area contributed by atoms with Crippen molar-refractivity contribution >= 4 is 27.5 Å². The number of halogens is 1. The van der Waals surface area contributed by atoms with E-state index < -0.39 is 5.97 Å². The van der Waals surface area contributed by atoms with Crippen LogP contribution in [-0.2, 0) is 9.53 Å². The van der Waals surface area contributed by atoms with Crippen molar-refractivity contribution in [3.05, 3.63) is 39.9 Å². The SMILES string of the molecule is N#CC1=C(c2ccc(Br)cc2)COC1=O. The van der Waals surface area contributed by atoms with Gasteiger partial charge < -0.3 is 4.74 Å². The molecular formula is C11H6BrNO2. The molecule has 0 saturated carbocycles. The van der Waals surface area contributed by atoms with Gasteiger partial charge in [-0.05, 0) is 17.7 Å². The summed E-state index contributed by atoms with van der Waals surface area (Å²) in [4.78, 5) is 11.1. The Kier molecular flexibility index (Phi) is 2.57. The van der Waals surface area contributed by atoms with Crippen LogP contribution in [0.1, 0.15) is 5.56 Å². The quantitative estimate of drug-likeness (QED) is 0.731. The number of nitrogens with zero attached hydrogens (tertiary/aromatic N) is 1. The van der Waals surface area contributed by atoms with E-state index in [1.54, 1.807) is 0 Å². The van der Waals surface area contributed by atoms with Gasteiger partial charge in [0.15, 0.2) is 0 Å². The maximum absolute atomic E-state index is 11.1. The molecule has 1 aromatic carbocycles. The van der Waals surface area contributed by atoms with Gasteiger partial charge in [0.05, 0.1) is 0 Å². The summed E-state index contributed by atoms with van der Waals surface area (Å²) in [5.41, 5.74) is 1.62. The third kappa shape index (κ3) is 1.79. The average Bonchev–Trinajstić information content (AvgIpc) is 2.61. The van der Waals surface area contributed by atoms with Crippen LogP contribution in [0.4, 0.5) is 0 Å². The lowest BCUT2D eigenvalue weighted by Gasteiger charge is -2.00. The number of ether oxygens (including phenoxy) is 1. The molecule has 4 heteroatoms. The molecule has 1 aliphatic heterocycles. The molecule has 0 spiro atoms. The summed E-state index contributed by atoms with van der Waals surface area (Å²) in [5.74, 6) is -0.532. The molecule has 1 aromatic rings. The Morgan fingerprint density at radius 1 is 1.33 bits per heavy atom. The number of hydrogen-bond donors (Lipinski definition) is 0. The molecular weight excluding hydrogens is 258 g/mol. The van der Waals surface area contributed by atoms with E-state index >= 15 is 0 Å². The molecule has 1 heterocycles. The van der Waals surface area contributed by atoms with E-state index in [0.717, 1.165) is 10.0 Å². The van der Waals surface area contributed by atoms with Gasteiger partial charge >= 0.3 is 5.97 Å². The monoisotopic (exact) mass is 263 g/mol. The first-order valence-corrected chi connectivity index (χ1v) is 5.08. The van der Waals surface area contributed by atoms with Crippen LogP contribution in [0.3, 0.4) is 0 Å². The van der Waals surface area contributed by atoms with Crippen LogP contribution < -0.4 is 0 Å². The fourth-order valence-electron chi connectivity index (χ4n) is 1.40. The highest BCUT2D eigenvalue weighted by Crippen LogP contribution is 2.26. The Morgan fingerprint density at radius 3 is 2.60 bits per heavy atom. The second-order valence-electron chi connectivity index (χ2n) is 3.05. The Morgan fingerprint density at radius 2 is 2.00 bits per heavy atom. The molecule has 3 nitrogen and oxygen atoms in total. The minimum atomic E-state index is -0.532. The molecule has 0 aliphatic carbocycles. The van der Waals surface area contributed by atoms with Gasteiger partial charge in [-0.1, -0.05) is 28.1 Å². The first-order chi connectivity index (χ1) is 7.22. The van der Waals surface area contributed by atoms with Crippen LogP contribution in [0.25, 0.3) is 5.57 Å². The first kappa shape index (κ1) is 9.94. The molecule has 0 unspecified atom stereocenters. The summed E-state index contributed by atoms with van der Waals surface area (Å²) in [7, 11) is 0. The van der Waals surface area contributed by atoms with Crippen molar-refractivity contribution in [1.82, 2.24) is 0 Å². The zero-order valence-electron chi connectivity index (χ0n) is 7.66. The Bertz CT molecular complexity index is 482. The summed E-state index contributed by atoms with van der Waals surface area (Å²) < 4.78 is 5.76. The van der Waals surface area contributed by atoms with Crippen LogP contribution in [0.5, 0.6) is 0 Å². The summed E-state index contributed by atoms with van der Waals surface area (Å²) in [5, 5.41) is 8.80. The minimum Gasteiger partial charge on any atom is -0.457 e. The van der Waals surface area contributed by atoms with Gasteiger partial charge in [-0.25, -0.2) is 4.79 Å². The van der Waals surface area contributed by atoms with Crippen LogP contribution in [0.15, 0.2) is 34.3 Å². The van der Waals surface area contributed by atoms with Crippen LogP contribution >= 0.6 is 15.9 Å². The van der Waals surface area contributed by atoms with Crippen molar-refractivity contribution in [3.63, 3.8) is 0 Å². The molecule has 0 bridgehead atoms. The van der Waals surface area contributed by atoms with Gasteiger partial charge in [0.25, 0.3) is 0 Å². The van der Waals surface area contributed by atoms with E-state index in [0.29, 0.717) is 5.57 Å². The van der Waals surface area contributed by atoms with Crippen molar-refractivity contribution in [3.8, 4) is 6.07 Å². The summed E-state index contributed by atoms with van der Waals surface area (Å²) >= 11 is 3.32. The number of carbonyl (C=O) groups is 1. The third-order valence-corrected chi connectivity index (χ3v) is 2.69. The zero-order chi connectivity index (χ0) is 10.8. The maximum Gasteiger partial charge on any atom is 0.349 e. The fourth-order valence-corrected chi connectivity index (χ4v) is 1.66. The maximum atomic E-state index is 11.1. The molecule has 0 amide bonds. The van der Waals surface area contributed by atoms with Crippen LogP contribution in [-0.4, -0.2) is 12.6 Å². The first-order valence-electron chi connectivity index (χ1n) is 4.28.